The molecule has 0 aliphatic heterocycles. The minimum absolute atomic E-state index is 0.438. The molecule has 0 aliphatic rings. The van der Waals surface area contributed by atoms with Crippen molar-refractivity contribution in [3.05, 3.63) is 17.5 Å². The van der Waals surface area contributed by atoms with Crippen LogP contribution in [0.3, 0.4) is 0 Å². The fourth-order valence-corrected chi connectivity index (χ4v) is 1.78. The van der Waals surface area contributed by atoms with Gasteiger partial charge in [-0.05, 0) is 24.3 Å². The van der Waals surface area contributed by atoms with Gasteiger partial charge in [-0.25, -0.2) is 0 Å². The molecular formula is C12H22N2. The first-order valence-corrected chi connectivity index (χ1v) is 5.50. The number of aryl methyl sites for hydroxylation is 2. The average molecular weight is 194 g/mol. The summed E-state index contributed by atoms with van der Waals surface area (Å²) in [7, 11) is 1.99. The van der Waals surface area contributed by atoms with E-state index < -0.39 is 0 Å². The highest BCUT2D eigenvalue weighted by Gasteiger charge is 2.21. The molecule has 0 unspecified atom stereocenters. The maximum atomic E-state index is 4.38. The van der Waals surface area contributed by atoms with Crippen LogP contribution in [-0.4, -0.2) is 9.78 Å². The summed E-state index contributed by atoms with van der Waals surface area (Å²) < 4.78 is 1.91. The fourth-order valence-electron chi connectivity index (χ4n) is 1.78. The van der Waals surface area contributed by atoms with Crippen LogP contribution in [0.5, 0.6) is 0 Å². The molecule has 0 fully saturated rings. The highest BCUT2D eigenvalue weighted by atomic mass is 15.2. The Labute approximate surface area is 87.3 Å². The Hall–Kier alpha value is -0.790. The third-order valence-corrected chi connectivity index (χ3v) is 3.44. The smallest absolute Gasteiger partial charge is 0.0625 e. The Morgan fingerprint density at radius 3 is 2.29 bits per heavy atom. The Balaban J connectivity index is 2.81. The van der Waals surface area contributed by atoms with Crippen molar-refractivity contribution in [1.82, 2.24) is 9.78 Å². The molecule has 1 aromatic rings. The number of hydrogen-bond acceptors (Lipinski definition) is 1. The van der Waals surface area contributed by atoms with E-state index in [1.807, 2.05) is 11.7 Å². The van der Waals surface area contributed by atoms with Crippen LogP contribution < -0.4 is 0 Å². The molecule has 0 atom stereocenters. The Kier molecular flexibility index (Phi) is 3.35. The molecule has 0 saturated heterocycles. The highest BCUT2D eigenvalue weighted by Crippen LogP contribution is 2.30. The zero-order valence-electron chi connectivity index (χ0n) is 10.1. The van der Waals surface area contributed by atoms with Crippen LogP contribution in [0.15, 0.2) is 6.20 Å². The zero-order chi connectivity index (χ0) is 10.8. The predicted molar refractivity (Wildman–Crippen MR) is 60.3 cm³/mol. The van der Waals surface area contributed by atoms with Crippen LogP contribution in [-0.2, 0) is 13.5 Å². The lowest BCUT2D eigenvalue weighted by molar-refractivity contribution is 0.295. The number of hydrogen-bond donors (Lipinski definition) is 0. The first-order valence-electron chi connectivity index (χ1n) is 5.50. The molecule has 14 heavy (non-hydrogen) atoms. The minimum atomic E-state index is 0.438. The van der Waals surface area contributed by atoms with Gasteiger partial charge in [0.25, 0.3) is 0 Å². The highest BCUT2D eigenvalue weighted by molar-refractivity contribution is 5.17. The van der Waals surface area contributed by atoms with Gasteiger partial charge < -0.3 is 0 Å². The fraction of sp³-hybridized carbons (Fsp3) is 0.750. The van der Waals surface area contributed by atoms with E-state index in [0.29, 0.717) is 5.41 Å². The van der Waals surface area contributed by atoms with Crippen LogP contribution in [0, 0.1) is 12.3 Å². The molecule has 0 aliphatic carbocycles. The summed E-state index contributed by atoms with van der Waals surface area (Å²) in [5, 5.41) is 4.38. The predicted octanol–water partition coefficient (Wildman–Crippen LogP) is 3.10. The maximum Gasteiger partial charge on any atom is 0.0625 e. The van der Waals surface area contributed by atoms with Gasteiger partial charge in [-0.2, -0.15) is 5.10 Å². The van der Waals surface area contributed by atoms with Gasteiger partial charge in [0.05, 0.1) is 5.69 Å². The summed E-state index contributed by atoms with van der Waals surface area (Å²) in [5.41, 5.74) is 3.02. The van der Waals surface area contributed by atoms with E-state index >= 15 is 0 Å². The second-order valence-electron chi connectivity index (χ2n) is 4.61. The molecule has 0 radical (unpaired) electrons. The molecule has 0 N–H and O–H groups in total. The van der Waals surface area contributed by atoms with E-state index in [1.165, 1.54) is 24.1 Å². The van der Waals surface area contributed by atoms with Crippen molar-refractivity contribution in [3.63, 3.8) is 0 Å². The summed E-state index contributed by atoms with van der Waals surface area (Å²) >= 11 is 0. The lowest BCUT2D eigenvalue weighted by Gasteiger charge is -2.26. The topological polar surface area (TPSA) is 17.8 Å². The summed E-state index contributed by atoms with van der Waals surface area (Å²) in [6.45, 7) is 9.00. The SMILES string of the molecule is CCC(C)(CC)Cc1cn(C)nc1C. The van der Waals surface area contributed by atoms with Crippen molar-refractivity contribution >= 4 is 0 Å². The van der Waals surface area contributed by atoms with Gasteiger partial charge in [-0.3, -0.25) is 4.68 Å². The third kappa shape index (κ3) is 2.37. The molecule has 0 aromatic carbocycles. The molecular weight excluding hydrogens is 172 g/mol. The number of rotatable bonds is 4. The van der Waals surface area contributed by atoms with Crippen molar-refractivity contribution in [2.75, 3.05) is 0 Å². The molecule has 2 heteroatoms. The third-order valence-electron chi connectivity index (χ3n) is 3.44. The molecule has 1 rings (SSSR count). The Morgan fingerprint density at radius 2 is 1.93 bits per heavy atom. The Morgan fingerprint density at radius 1 is 1.36 bits per heavy atom. The lowest BCUT2D eigenvalue weighted by Crippen LogP contribution is -2.17. The van der Waals surface area contributed by atoms with Crippen LogP contribution in [0.25, 0.3) is 0 Å². The van der Waals surface area contributed by atoms with E-state index in [4.69, 9.17) is 0 Å². The molecule has 0 bridgehead atoms. The average Bonchev–Trinajstić information content (AvgIpc) is 2.45. The van der Waals surface area contributed by atoms with Crippen molar-refractivity contribution in [3.8, 4) is 0 Å². The van der Waals surface area contributed by atoms with E-state index in [-0.39, 0.29) is 0 Å². The van der Waals surface area contributed by atoms with Crippen molar-refractivity contribution in [2.45, 2.75) is 47.0 Å². The second kappa shape index (κ2) is 4.16. The molecule has 0 amide bonds. The van der Waals surface area contributed by atoms with Crippen molar-refractivity contribution in [1.29, 1.82) is 0 Å². The monoisotopic (exact) mass is 194 g/mol. The lowest BCUT2D eigenvalue weighted by atomic mass is 9.79. The largest absolute Gasteiger partial charge is 0.275 e. The Bertz CT molecular complexity index is 295. The normalized spacial score (nSPS) is 12.1. The molecule has 1 heterocycles. The van der Waals surface area contributed by atoms with Gasteiger partial charge in [0.1, 0.15) is 0 Å². The standard InChI is InChI=1S/C12H22N2/c1-6-12(4,7-2)8-11-9-14(5)13-10(11)3/h9H,6-8H2,1-5H3. The van der Waals surface area contributed by atoms with Crippen LogP contribution in [0.4, 0.5) is 0 Å². The summed E-state index contributed by atoms with van der Waals surface area (Å²) in [5.74, 6) is 0. The number of nitrogens with zero attached hydrogens (tertiary/aromatic N) is 2. The van der Waals surface area contributed by atoms with E-state index in [1.54, 1.807) is 0 Å². The summed E-state index contributed by atoms with van der Waals surface area (Å²) in [4.78, 5) is 0. The number of aromatic nitrogens is 2. The quantitative estimate of drug-likeness (QED) is 0.720. The second-order valence-corrected chi connectivity index (χ2v) is 4.61. The van der Waals surface area contributed by atoms with Gasteiger partial charge in [-0.1, -0.05) is 33.6 Å². The van der Waals surface area contributed by atoms with Crippen molar-refractivity contribution in [2.24, 2.45) is 12.5 Å². The van der Waals surface area contributed by atoms with Gasteiger partial charge in [0.15, 0.2) is 0 Å². The first-order chi connectivity index (χ1) is 6.50. The summed E-state index contributed by atoms with van der Waals surface area (Å²) in [6, 6.07) is 0. The van der Waals surface area contributed by atoms with E-state index in [9.17, 15) is 0 Å². The maximum absolute atomic E-state index is 4.38. The molecule has 0 spiro atoms. The zero-order valence-corrected chi connectivity index (χ0v) is 10.1. The summed E-state index contributed by atoms with van der Waals surface area (Å²) in [6.07, 6.45) is 5.77. The van der Waals surface area contributed by atoms with E-state index in [2.05, 4.69) is 39.0 Å². The van der Waals surface area contributed by atoms with Gasteiger partial charge in [0.2, 0.25) is 0 Å². The van der Waals surface area contributed by atoms with Crippen LogP contribution >= 0.6 is 0 Å². The van der Waals surface area contributed by atoms with Gasteiger partial charge in [-0.15, -0.1) is 0 Å². The molecule has 1 aromatic heterocycles. The molecule has 0 saturated carbocycles. The molecule has 2 nitrogen and oxygen atoms in total. The van der Waals surface area contributed by atoms with Gasteiger partial charge in [0, 0.05) is 13.2 Å². The van der Waals surface area contributed by atoms with Crippen molar-refractivity contribution < 1.29 is 0 Å². The van der Waals surface area contributed by atoms with Crippen LogP contribution in [0.2, 0.25) is 0 Å². The molecule has 80 valence electrons. The minimum Gasteiger partial charge on any atom is -0.275 e. The van der Waals surface area contributed by atoms with Crippen LogP contribution in [0.1, 0.15) is 44.9 Å². The first kappa shape index (κ1) is 11.3. The van der Waals surface area contributed by atoms with Gasteiger partial charge >= 0.3 is 0 Å². The van der Waals surface area contributed by atoms with E-state index in [0.717, 1.165) is 6.42 Å².